The van der Waals surface area contributed by atoms with E-state index in [-0.39, 0.29) is 74.4 Å². The quantitative estimate of drug-likeness (QED) is 0.362. The van der Waals surface area contributed by atoms with Crippen LogP contribution in [0.1, 0.15) is 95.5 Å². The Bertz CT molecular complexity index is 1480. The molecule has 5 heterocycles. The number of alkyl halides is 3. The second-order valence-electron chi connectivity index (χ2n) is 15.8. The number of hydrogen-bond donors (Lipinski definition) is 2. The maximum atomic E-state index is 14.4. The third kappa shape index (κ3) is 13.9. The van der Waals surface area contributed by atoms with Gasteiger partial charge in [0.05, 0.1) is 74.6 Å². The minimum Gasteiger partial charge on any atom is -0.396 e. The summed E-state index contributed by atoms with van der Waals surface area (Å²) < 4.78 is 60.2. The molecule has 2 aromatic heterocycles. The van der Waals surface area contributed by atoms with Crippen LogP contribution >= 0.6 is 0 Å². The maximum Gasteiger partial charge on any atom is 0.276 e. The number of piperidine rings is 3. The van der Waals surface area contributed by atoms with Gasteiger partial charge in [-0.2, -0.15) is 0 Å². The predicted octanol–water partition coefficient (Wildman–Crippen LogP) is 4.15. The lowest BCUT2D eigenvalue weighted by Crippen LogP contribution is -2.58. The van der Waals surface area contributed by atoms with E-state index in [9.17, 15) is 27.6 Å². The molecule has 2 N–H and O–H groups in total. The number of H-pyrrole nitrogens is 1. The summed E-state index contributed by atoms with van der Waals surface area (Å²) in [5.41, 5.74) is 0.405. The fourth-order valence-electron chi connectivity index (χ4n) is 6.84. The Hall–Kier alpha value is -3.54. The van der Waals surface area contributed by atoms with Crippen LogP contribution in [0.25, 0.3) is 0 Å². The van der Waals surface area contributed by atoms with Crippen LogP contribution in [0, 0.1) is 5.41 Å². The zero-order chi connectivity index (χ0) is 41.0. The number of carbonyl (C=O) groups excluding carboxylic acids is 3. The average Bonchev–Trinajstić information content (AvgIpc) is 3.80. The molecule has 5 rings (SSSR count). The third-order valence-electron chi connectivity index (χ3n) is 9.29. The molecule has 3 saturated heterocycles. The van der Waals surface area contributed by atoms with E-state index in [1.165, 1.54) is 20.7 Å². The first kappa shape index (κ1) is 45.8. The van der Waals surface area contributed by atoms with Crippen LogP contribution in [-0.4, -0.2) is 159 Å². The van der Waals surface area contributed by atoms with E-state index in [0.29, 0.717) is 38.0 Å². The third-order valence-corrected chi connectivity index (χ3v) is 9.29. The summed E-state index contributed by atoms with van der Waals surface area (Å²) in [6.07, 6.45) is 1.19. The van der Waals surface area contributed by atoms with Gasteiger partial charge in [0.15, 0.2) is 5.69 Å². The number of ether oxygens (including phenoxy) is 3. The van der Waals surface area contributed by atoms with Crippen molar-refractivity contribution < 1.29 is 46.9 Å². The van der Waals surface area contributed by atoms with E-state index in [1.54, 1.807) is 30.4 Å². The Morgan fingerprint density at radius 1 is 0.855 bits per heavy atom. The van der Waals surface area contributed by atoms with Gasteiger partial charge in [-0.3, -0.25) is 19.1 Å². The first-order chi connectivity index (χ1) is 25.8. The second kappa shape index (κ2) is 21.1. The molecule has 6 atom stereocenters. The van der Waals surface area contributed by atoms with E-state index in [2.05, 4.69) is 15.3 Å². The van der Waals surface area contributed by atoms with Crippen molar-refractivity contribution >= 4 is 17.7 Å². The van der Waals surface area contributed by atoms with Crippen molar-refractivity contribution in [1.82, 2.24) is 34.7 Å². The minimum absolute atomic E-state index is 0.00273. The SMILES string of the molecule is CC(C)O[C@@H]1[C@H](F)CN(C(=O)c2cc[nH]c2)CC1(C)C.CC(C)O[C@H]1CCN(C(=O)CCO)C[C@H]1F.CC(C)O[C@H]1CCN(C(=O)c2cn(C)nn2)C[C@H]1F. The fourth-order valence-corrected chi connectivity index (χ4v) is 6.84. The number of nitrogens with one attached hydrogen (secondary N) is 1. The van der Waals surface area contributed by atoms with E-state index >= 15 is 0 Å². The van der Waals surface area contributed by atoms with Crippen molar-refractivity contribution in [1.29, 1.82) is 0 Å². The zero-order valence-electron chi connectivity index (χ0n) is 33.8. The first-order valence-corrected chi connectivity index (χ1v) is 19.2. The van der Waals surface area contributed by atoms with Crippen LogP contribution in [0.4, 0.5) is 13.2 Å². The van der Waals surface area contributed by atoms with Gasteiger partial charge in [-0.15, -0.1) is 5.10 Å². The van der Waals surface area contributed by atoms with Crippen molar-refractivity contribution in [3.8, 4) is 0 Å². The predicted molar refractivity (Wildman–Crippen MR) is 200 cm³/mol. The Morgan fingerprint density at radius 3 is 1.85 bits per heavy atom. The molecule has 3 aliphatic rings. The molecular formula is C38H62F3N7O7. The van der Waals surface area contributed by atoms with Crippen molar-refractivity contribution in [2.24, 2.45) is 12.5 Å². The number of likely N-dealkylation sites (tertiary alicyclic amines) is 3. The molecule has 3 aliphatic heterocycles. The number of aliphatic hydroxyl groups excluding tert-OH is 1. The summed E-state index contributed by atoms with van der Waals surface area (Å²) in [5.74, 6) is -0.600. The molecule has 0 aromatic carbocycles. The minimum atomic E-state index is -1.16. The summed E-state index contributed by atoms with van der Waals surface area (Å²) in [4.78, 5) is 43.2. The lowest BCUT2D eigenvalue weighted by molar-refractivity contribution is -0.139. The monoisotopic (exact) mass is 785 g/mol. The van der Waals surface area contributed by atoms with Gasteiger partial charge in [-0.05, 0) is 60.5 Å². The number of aromatic nitrogens is 4. The van der Waals surface area contributed by atoms with Crippen LogP contribution in [0.3, 0.4) is 0 Å². The second-order valence-corrected chi connectivity index (χ2v) is 15.8. The molecule has 0 spiro atoms. The van der Waals surface area contributed by atoms with E-state index in [1.807, 2.05) is 55.4 Å². The highest BCUT2D eigenvalue weighted by Crippen LogP contribution is 2.35. The number of nitrogens with zero attached hydrogens (tertiary/aromatic N) is 6. The van der Waals surface area contributed by atoms with Crippen molar-refractivity contribution in [2.75, 3.05) is 45.9 Å². The smallest absolute Gasteiger partial charge is 0.276 e. The molecule has 0 saturated carbocycles. The van der Waals surface area contributed by atoms with Gasteiger partial charge in [0.2, 0.25) is 5.91 Å². The van der Waals surface area contributed by atoms with Crippen molar-refractivity contribution in [2.45, 2.75) is 130 Å². The molecule has 3 fully saturated rings. The number of carbonyl (C=O) groups is 3. The lowest BCUT2D eigenvalue weighted by Gasteiger charge is -2.46. The molecular weight excluding hydrogens is 723 g/mol. The van der Waals surface area contributed by atoms with Gasteiger partial charge in [0, 0.05) is 50.9 Å². The Kier molecular flexibility index (Phi) is 17.6. The van der Waals surface area contributed by atoms with Gasteiger partial charge in [-0.1, -0.05) is 19.1 Å². The largest absolute Gasteiger partial charge is 0.396 e. The summed E-state index contributed by atoms with van der Waals surface area (Å²) in [6, 6.07) is 1.71. The number of aliphatic hydroxyl groups is 1. The van der Waals surface area contributed by atoms with E-state index in [4.69, 9.17) is 19.3 Å². The Labute approximate surface area is 323 Å². The van der Waals surface area contributed by atoms with Gasteiger partial charge in [-0.25, -0.2) is 13.2 Å². The summed E-state index contributed by atoms with van der Waals surface area (Å²) >= 11 is 0. The molecule has 312 valence electrons. The van der Waals surface area contributed by atoms with Gasteiger partial charge < -0.3 is 39.0 Å². The normalized spacial score (nSPS) is 25.3. The topological polar surface area (TPSA) is 155 Å². The van der Waals surface area contributed by atoms with Gasteiger partial charge in [0.25, 0.3) is 11.8 Å². The molecule has 0 bridgehead atoms. The summed E-state index contributed by atoms with van der Waals surface area (Å²) in [6.45, 7) is 16.7. The maximum absolute atomic E-state index is 14.4. The van der Waals surface area contributed by atoms with Crippen molar-refractivity contribution in [3.63, 3.8) is 0 Å². The van der Waals surface area contributed by atoms with Crippen LogP contribution < -0.4 is 0 Å². The van der Waals surface area contributed by atoms with Crippen LogP contribution in [-0.2, 0) is 26.1 Å². The van der Waals surface area contributed by atoms with Crippen molar-refractivity contribution in [3.05, 3.63) is 35.9 Å². The molecule has 3 amide bonds. The summed E-state index contributed by atoms with van der Waals surface area (Å²) in [7, 11) is 1.68. The highest BCUT2D eigenvalue weighted by atomic mass is 19.1. The molecule has 0 aliphatic carbocycles. The number of aryl methyl sites for hydroxylation is 1. The molecule has 0 radical (unpaired) electrons. The number of amides is 3. The molecule has 2 aromatic rings. The highest BCUT2D eigenvalue weighted by Gasteiger charge is 2.45. The average molecular weight is 786 g/mol. The lowest BCUT2D eigenvalue weighted by atomic mass is 9.79. The zero-order valence-corrected chi connectivity index (χ0v) is 33.8. The number of aromatic amines is 1. The van der Waals surface area contributed by atoms with E-state index in [0.717, 1.165) is 0 Å². The number of hydrogen-bond acceptors (Lipinski definition) is 9. The highest BCUT2D eigenvalue weighted by molar-refractivity contribution is 5.94. The standard InChI is InChI=1S/C15H23FN2O2.C12H19FN4O2.C11H20FNO3/c1-10(2)20-13-12(16)8-18(9-15(13,3)4)14(19)11-5-6-17-7-11;1-8(2)19-11-4-5-17(6-9(11)13)12(18)10-7-16(3)15-14-10;1-8(2)16-10-3-5-13(7-9(10)12)11(15)4-6-14/h5-7,10,12-13,17H,8-9H2,1-4H3;7-9,11H,4-6H2,1-3H3;8-10,14H,3-7H2,1-2H3/t12-,13-;9-,11+;9-,10+/m111/s1. The molecule has 55 heavy (non-hydrogen) atoms. The Balaban J connectivity index is 0.000000223. The van der Waals surface area contributed by atoms with Crippen LogP contribution in [0.2, 0.25) is 0 Å². The fraction of sp³-hybridized carbons (Fsp3) is 0.763. The van der Waals surface area contributed by atoms with Crippen LogP contribution in [0.15, 0.2) is 24.7 Å². The summed E-state index contributed by atoms with van der Waals surface area (Å²) in [5, 5.41) is 16.1. The van der Waals surface area contributed by atoms with Gasteiger partial charge in [0.1, 0.15) is 18.5 Å². The molecule has 14 nitrogen and oxygen atoms in total. The first-order valence-electron chi connectivity index (χ1n) is 19.2. The Morgan fingerprint density at radius 2 is 1.40 bits per heavy atom. The number of rotatable bonds is 10. The molecule has 17 heteroatoms. The van der Waals surface area contributed by atoms with Gasteiger partial charge >= 0.3 is 0 Å². The number of halogens is 3. The van der Waals surface area contributed by atoms with Crippen LogP contribution in [0.5, 0.6) is 0 Å². The molecule has 0 unspecified atom stereocenters. The van der Waals surface area contributed by atoms with E-state index < -0.39 is 42.2 Å².